The van der Waals surface area contributed by atoms with E-state index in [1.54, 1.807) is 7.05 Å². The summed E-state index contributed by atoms with van der Waals surface area (Å²) in [7, 11) is 1.64. The summed E-state index contributed by atoms with van der Waals surface area (Å²) in [5.41, 5.74) is -0.790. The van der Waals surface area contributed by atoms with Gasteiger partial charge in [0.05, 0.1) is 12.1 Å². The highest BCUT2D eigenvalue weighted by Gasteiger charge is 2.34. The molecule has 2 aliphatic heterocycles. The Bertz CT molecular complexity index is 743. The summed E-state index contributed by atoms with van der Waals surface area (Å²) in [6, 6.07) is 5.15. The van der Waals surface area contributed by atoms with E-state index in [0.717, 1.165) is 18.9 Å². The second-order valence-electron chi connectivity index (χ2n) is 7.13. The van der Waals surface area contributed by atoms with Crippen LogP contribution in [0.25, 0.3) is 0 Å². The maximum atomic E-state index is 13.0. The summed E-state index contributed by atoms with van der Waals surface area (Å²) in [5, 5.41) is 3.11. The van der Waals surface area contributed by atoms with E-state index >= 15 is 0 Å². The normalized spacial score (nSPS) is 20.4. The average Bonchev–Trinajstić information content (AvgIpc) is 3.28. The van der Waals surface area contributed by atoms with E-state index in [9.17, 15) is 18.0 Å². The lowest BCUT2D eigenvalue weighted by atomic mass is 10.2. The lowest BCUT2D eigenvalue weighted by Gasteiger charge is -2.37. The fourth-order valence-electron chi connectivity index (χ4n) is 3.60. The molecule has 30 heavy (non-hydrogen) atoms. The summed E-state index contributed by atoms with van der Waals surface area (Å²) in [5.74, 6) is 0.488. The molecular formula is C20H27F3N4O3. The second-order valence-corrected chi connectivity index (χ2v) is 7.13. The van der Waals surface area contributed by atoms with Crippen LogP contribution in [0, 0.1) is 0 Å². The van der Waals surface area contributed by atoms with E-state index in [0.29, 0.717) is 45.3 Å². The number of nitrogens with one attached hydrogen (secondary N) is 1. The molecule has 166 valence electrons. The Morgan fingerprint density at radius 2 is 1.93 bits per heavy atom. The third-order valence-corrected chi connectivity index (χ3v) is 5.14. The minimum atomic E-state index is -4.46. The number of nitrogens with zero attached hydrogens (tertiary/aromatic N) is 3. The first-order valence-electron chi connectivity index (χ1n) is 10.0. The molecule has 0 bridgehead atoms. The van der Waals surface area contributed by atoms with Crippen molar-refractivity contribution in [3.63, 3.8) is 0 Å². The van der Waals surface area contributed by atoms with Crippen molar-refractivity contribution in [2.75, 3.05) is 53.0 Å². The maximum Gasteiger partial charge on any atom is 0.419 e. The Labute approximate surface area is 173 Å². The van der Waals surface area contributed by atoms with E-state index in [-0.39, 0.29) is 24.4 Å². The molecule has 1 amide bonds. The number of rotatable bonds is 5. The fraction of sp³-hybridized carbons (Fsp3) is 0.600. The quantitative estimate of drug-likeness (QED) is 0.442. The summed E-state index contributed by atoms with van der Waals surface area (Å²) >= 11 is 0. The van der Waals surface area contributed by atoms with Crippen LogP contribution in [0.3, 0.4) is 0 Å². The van der Waals surface area contributed by atoms with E-state index in [1.165, 1.54) is 18.2 Å². The van der Waals surface area contributed by atoms with Crippen molar-refractivity contribution < 1.29 is 27.4 Å². The number of piperazine rings is 1. The van der Waals surface area contributed by atoms with Crippen molar-refractivity contribution >= 4 is 11.9 Å². The molecule has 2 heterocycles. The molecule has 0 aromatic heterocycles. The molecule has 0 spiro atoms. The van der Waals surface area contributed by atoms with Crippen LogP contribution in [0.4, 0.5) is 13.2 Å². The predicted molar refractivity (Wildman–Crippen MR) is 105 cm³/mol. The number of benzene rings is 1. The van der Waals surface area contributed by atoms with E-state index in [2.05, 4.69) is 10.3 Å². The average molecular weight is 428 g/mol. The second kappa shape index (κ2) is 10.0. The molecule has 0 aliphatic carbocycles. The van der Waals surface area contributed by atoms with Gasteiger partial charge in [-0.3, -0.25) is 9.79 Å². The number of aliphatic imine (C=N–C) groups is 1. The Kier molecular flexibility index (Phi) is 7.41. The predicted octanol–water partition coefficient (Wildman–Crippen LogP) is 1.98. The number of alkyl halides is 3. The van der Waals surface area contributed by atoms with Gasteiger partial charge in [0.25, 0.3) is 5.91 Å². The van der Waals surface area contributed by atoms with Gasteiger partial charge in [-0.1, -0.05) is 12.1 Å². The van der Waals surface area contributed by atoms with Crippen LogP contribution in [0.5, 0.6) is 5.75 Å². The van der Waals surface area contributed by atoms with Crippen molar-refractivity contribution in [2.45, 2.75) is 25.1 Å². The van der Waals surface area contributed by atoms with Gasteiger partial charge in [-0.25, -0.2) is 0 Å². The smallest absolute Gasteiger partial charge is 0.419 e. The zero-order chi connectivity index (χ0) is 21.6. The zero-order valence-electron chi connectivity index (χ0n) is 17.0. The van der Waals surface area contributed by atoms with Gasteiger partial charge in [0.1, 0.15) is 18.5 Å². The van der Waals surface area contributed by atoms with Crippen LogP contribution in [0.2, 0.25) is 0 Å². The third kappa shape index (κ3) is 5.56. The van der Waals surface area contributed by atoms with Gasteiger partial charge in [-0.15, -0.1) is 0 Å². The number of hydrogen-bond acceptors (Lipinski definition) is 4. The number of halogens is 3. The first-order chi connectivity index (χ1) is 14.4. The number of hydrogen-bond donors (Lipinski definition) is 1. The molecule has 1 unspecified atom stereocenters. The molecule has 1 aromatic rings. The minimum absolute atomic E-state index is 0.0480. The third-order valence-electron chi connectivity index (χ3n) is 5.14. The highest BCUT2D eigenvalue weighted by Crippen LogP contribution is 2.35. The van der Waals surface area contributed by atoms with Crippen LogP contribution in [-0.4, -0.2) is 80.8 Å². The van der Waals surface area contributed by atoms with Crippen LogP contribution >= 0.6 is 0 Å². The molecular weight excluding hydrogens is 401 g/mol. The number of carbonyl (C=O) groups is 1. The lowest BCUT2D eigenvalue weighted by molar-refractivity contribution is -0.142. The van der Waals surface area contributed by atoms with E-state index in [4.69, 9.17) is 9.47 Å². The largest absolute Gasteiger partial charge is 0.491 e. The Morgan fingerprint density at radius 1 is 1.23 bits per heavy atom. The van der Waals surface area contributed by atoms with Crippen LogP contribution in [-0.2, 0) is 15.7 Å². The number of ether oxygens (including phenoxy) is 2. The molecule has 1 N–H and O–H groups in total. The fourth-order valence-corrected chi connectivity index (χ4v) is 3.60. The van der Waals surface area contributed by atoms with Crippen molar-refractivity contribution in [2.24, 2.45) is 4.99 Å². The first kappa shape index (κ1) is 22.2. The van der Waals surface area contributed by atoms with Gasteiger partial charge in [-0.05, 0) is 25.0 Å². The first-order valence-corrected chi connectivity index (χ1v) is 10.0. The molecule has 10 heteroatoms. The van der Waals surface area contributed by atoms with Gasteiger partial charge < -0.3 is 24.6 Å². The van der Waals surface area contributed by atoms with Crippen LogP contribution < -0.4 is 10.1 Å². The highest BCUT2D eigenvalue weighted by atomic mass is 19.4. The zero-order valence-corrected chi connectivity index (χ0v) is 17.0. The Balaban J connectivity index is 1.43. The van der Waals surface area contributed by atoms with Crippen molar-refractivity contribution in [1.82, 2.24) is 15.1 Å². The van der Waals surface area contributed by atoms with Gasteiger partial charge in [-0.2, -0.15) is 13.2 Å². The molecule has 0 saturated carbocycles. The number of guanidine groups is 1. The Hall–Kier alpha value is -2.49. The van der Waals surface area contributed by atoms with Crippen molar-refractivity contribution in [3.05, 3.63) is 29.8 Å². The standard InChI is InChI=1S/C20H27F3N4O3/c1-24-19(25-8-14-30-16-6-3-2-5-15(16)20(21,22)23)27-11-9-26(10-12-27)18(28)17-7-4-13-29-17/h2-3,5-6,17H,4,7-14H2,1H3,(H,24,25). The molecule has 1 aromatic carbocycles. The summed E-state index contributed by atoms with van der Waals surface area (Å²) in [4.78, 5) is 20.5. The van der Waals surface area contributed by atoms with Crippen molar-refractivity contribution in [3.8, 4) is 5.75 Å². The summed E-state index contributed by atoms with van der Waals surface area (Å²) in [6.07, 6.45) is -3.08. The lowest BCUT2D eigenvalue weighted by Crippen LogP contribution is -2.55. The molecule has 1 atom stereocenters. The molecule has 2 fully saturated rings. The van der Waals surface area contributed by atoms with Gasteiger partial charge in [0.15, 0.2) is 5.96 Å². The summed E-state index contributed by atoms with van der Waals surface area (Å²) in [6.45, 7) is 3.40. The number of para-hydroxylation sites is 1. The molecule has 3 rings (SSSR count). The number of carbonyl (C=O) groups excluding carboxylic acids is 1. The van der Waals surface area contributed by atoms with E-state index in [1.807, 2.05) is 9.80 Å². The molecule has 7 nitrogen and oxygen atoms in total. The van der Waals surface area contributed by atoms with Gasteiger partial charge in [0.2, 0.25) is 0 Å². The minimum Gasteiger partial charge on any atom is -0.491 e. The number of amides is 1. The van der Waals surface area contributed by atoms with Gasteiger partial charge in [0, 0.05) is 39.8 Å². The van der Waals surface area contributed by atoms with Crippen LogP contribution in [0.1, 0.15) is 18.4 Å². The van der Waals surface area contributed by atoms with Gasteiger partial charge >= 0.3 is 6.18 Å². The topological polar surface area (TPSA) is 66.4 Å². The highest BCUT2D eigenvalue weighted by molar-refractivity contribution is 5.82. The summed E-state index contributed by atoms with van der Waals surface area (Å²) < 4.78 is 49.8. The van der Waals surface area contributed by atoms with Crippen molar-refractivity contribution in [1.29, 1.82) is 0 Å². The molecule has 0 radical (unpaired) electrons. The molecule has 2 aliphatic rings. The maximum absolute atomic E-state index is 13.0. The Morgan fingerprint density at radius 3 is 2.57 bits per heavy atom. The molecule has 2 saturated heterocycles. The van der Waals surface area contributed by atoms with Crippen LogP contribution in [0.15, 0.2) is 29.3 Å². The SMILES string of the molecule is CN=C(NCCOc1ccccc1C(F)(F)F)N1CCN(C(=O)C2CCCO2)CC1. The van der Waals surface area contributed by atoms with E-state index < -0.39 is 11.7 Å². The monoisotopic (exact) mass is 428 g/mol.